The van der Waals surface area contributed by atoms with E-state index in [0.717, 1.165) is 6.07 Å². The van der Waals surface area contributed by atoms with Crippen molar-refractivity contribution in [1.82, 2.24) is 10.2 Å². The topological polar surface area (TPSA) is 76.3 Å². The molecule has 0 saturated heterocycles. The molecule has 1 aromatic heterocycles. The van der Waals surface area contributed by atoms with Crippen LogP contribution in [0.3, 0.4) is 0 Å². The molecule has 6 nitrogen and oxygen atoms in total. The van der Waals surface area contributed by atoms with Crippen LogP contribution in [0.4, 0.5) is 18.9 Å². The van der Waals surface area contributed by atoms with Gasteiger partial charge in [-0.1, -0.05) is 24.3 Å². The van der Waals surface area contributed by atoms with Crippen LogP contribution in [-0.4, -0.2) is 26.4 Å². The zero-order valence-electron chi connectivity index (χ0n) is 14.3. The van der Waals surface area contributed by atoms with Crippen LogP contribution in [0, 0.1) is 5.82 Å². The Hall–Kier alpha value is -3.01. The van der Waals surface area contributed by atoms with Crippen molar-refractivity contribution >= 4 is 23.0 Å². The van der Waals surface area contributed by atoms with Gasteiger partial charge in [-0.25, -0.2) is 8.60 Å². The second-order valence-corrected chi connectivity index (χ2v) is 7.00. The first-order valence-corrected chi connectivity index (χ1v) is 9.32. The number of hydrogen-bond acceptors (Lipinski definition) is 5. The Balaban J connectivity index is 1.87. The number of benzene rings is 2. The van der Waals surface area contributed by atoms with Crippen LogP contribution < -0.4 is 4.31 Å². The highest BCUT2D eigenvalue weighted by atomic mass is 32.2. The molecule has 0 saturated carbocycles. The summed E-state index contributed by atoms with van der Waals surface area (Å²) in [5.41, 5.74) is 0.894. The number of para-hydroxylation sites is 1. The lowest BCUT2D eigenvalue weighted by atomic mass is 10.1. The number of aromatic nitrogens is 2. The number of hydrogen-bond donors (Lipinski definition) is 0. The molecule has 1 atom stereocenters. The molecule has 1 heterocycles. The first-order chi connectivity index (χ1) is 13.5. The summed E-state index contributed by atoms with van der Waals surface area (Å²) in [7, 11) is -1.69. The van der Waals surface area contributed by atoms with E-state index in [4.69, 9.17) is 4.42 Å². The largest absolute Gasteiger partial charge is 0.415 e. The van der Waals surface area contributed by atoms with Gasteiger partial charge in [-0.3, -0.25) is 4.31 Å². The van der Waals surface area contributed by atoms with Gasteiger partial charge in [-0.05, 0) is 24.3 Å². The van der Waals surface area contributed by atoms with Gasteiger partial charge < -0.3 is 9.21 Å². The van der Waals surface area contributed by atoms with Crippen LogP contribution in [0.1, 0.15) is 17.9 Å². The number of alkyl halides is 2. The SMILES string of the molecule is O=CCS(=O)N(Cc1ccc(-c2nnc(C(F)F)o2)cc1F)c1ccccc1. The molecular weight excluding hydrogens is 395 g/mol. The van der Waals surface area contributed by atoms with Crippen molar-refractivity contribution in [3.8, 4) is 11.5 Å². The summed E-state index contributed by atoms with van der Waals surface area (Å²) in [6.07, 6.45) is -2.39. The highest BCUT2D eigenvalue weighted by molar-refractivity contribution is 7.87. The Kier molecular flexibility index (Phi) is 6.19. The van der Waals surface area contributed by atoms with Crippen LogP contribution in [0.2, 0.25) is 0 Å². The number of nitrogens with zero attached hydrogens (tertiary/aromatic N) is 3. The van der Waals surface area contributed by atoms with Crippen molar-refractivity contribution < 1.29 is 26.6 Å². The van der Waals surface area contributed by atoms with E-state index < -0.39 is 29.1 Å². The molecule has 146 valence electrons. The quantitative estimate of drug-likeness (QED) is 0.531. The van der Waals surface area contributed by atoms with E-state index >= 15 is 0 Å². The third-order valence-electron chi connectivity index (χ3n) is 3.74. The normalized spacial score (nSPS) is 12.1. The molecule has 3 aromatic rings. The number of halogens is 3. The fraction of sp³-hybridized carbons (Fsp3) is 0.167. The van der Waals surface area contributed by atoms with E-state index in [1.54, 1.807) is 30.3 Å². The second-order valence-electron chi connectivity index (χ2n) is 5.58. The maximum absolute atomic E-state index is 14.6. The molecule has 0 aliphatic carbocycles. The molecule has 0 radical (unpaired) electrons. The van der Waals surface area contributed by atoms with E-state index in [1.165, 1.54) is 16.4 Å². The zero-order chi connectivity index (χ0) is 20.1. The van der Waals surface area contributed by atoms with Gasteiger partial charge in [0.1, 0.15) is 23.1 Å². The zero-order valence-corrected chi connectivity index (χ0v) is 15.1. The number of anilines is 1. The molecular formula is C18H14F3N3O3S. The molecule has 0 fully saturated rings. The van der Waals surface area contributed by atoms with Crippen molar-refractivity contribution in [2.75, 3.05) is 10.1 Å². The Labute approximate surface area is 160 Å². The smallest absolute Gasteiger partial charge is 0.314 e. The summed E-state index contributed by atoms with van der Waals surface area (Å²) in [6, 6.07) is 12.5. The number of rotatable bonds is 8. The van der Waals surface area contributed by atoms with Crippen LogP contribution >= 0.6 is 0 Å². The predicted molar refractivity (Wildman–Crippen MR) is 96.3 cm³/mol. The van der Waals surface area contributed by atoms with E-state index in [2.05, 4.69) is 10.2 Å². The second kappa shape index (κ2) is 8.79. The van der Waals surface area contributed by atoms with Gasteiger partial charge in [0.25, 0.3) is 5.89 Å². The van der Waals surface area contributed by atoms with Crippen molar-refractivity contribution in [1.29, 1.82) is 0 Å². The minimum atomic E-state index is -2.92. The van der Waals surface area contributed by atoms with Gasteiger partial charge in [0.2, 0.25) is 5.89 Å². The van der Waals surface area contributed by atoms with E-state index in [9.17, 15) is 22.2 Å². The Bertz CT molecular complexity index is 982. The Morgan fingerprint density at radius 2 is 1.89 bits per heavy atom. The fourth-order valence-corrected chi connectivity index (χ4v) is 3.36. The molecule has 0 spiro atoms. The van der Waals surface area contributed by atoms with Gasteiger partial charge in [-0.15, -0.1) is 10.2 Å². The molecule has 0 N–H and O–H groups in total. The molecule has 3 rings (SSSR count). The summed E-state index contributed by atoms with van der Waals surface area (Å²) < 4.78 is 58.3. The minimum absolute atomic E-state index is 0.0668. The maximum Gasteiger partial charge on any atom is 0.314 e. The number of aldehydes is 1. The average Bonchev–Trinajstić information content (AvgIpc) is 3.18. The molecule has 0 bridgehead atoms. The number of carbonyl (C=O) groups is 1. The predicted octanol–water partition coefficient (Wildman–Crippen LogP) is 3.68. The minimum Gasteiger partial charge on any atom is -0.415 e. The first kappa shape index (κ1) is 19.7. The summed E-state index contributed by atoms with van der Waals surface area (Å²) in [5, 5.41) is 6.68. The summed E-state index contributed by atoms with van der Waals surface area (Å²) >= 11 is 0. The molecule has 10 heteroatoms. The summed E-state index contributed by atoms with van der Waals surface area (Å²) in [4.78, 5) is 10.8. The summed E-state index contributed by atoms with van der Waals surface area (Å²) in [5.74, 6) is -1.98. The highest BCUT2D eigenvalue weighted by Crippen LogP contribution is 2.26. The van der Waals surface area contributed by atoms with Crippen LogP contribution in [-0.2, 0) is 22.3 Å². The third kappa shape index (κ3) is 4.45. The third-order valence-corrected chi connectivity index (χ3v) is 4.99. The average molecular weight is 409 g/mol. The van der Waals surface area contributed by atoms with Gasteiger partial charge in [0.05, 0.1) is 12.3 Å². The standard InChI is InChI=1S/C18H14F3N3O3S/c19-15-10-12(17-22-23-18(27-17)16(20)21)6-7-13(15)11-24(28(26)9-8-25)14-4-2-1-3-5-14/h1-8,10,16H,9,11H2. The lowest BCUT2D eigenvalue weighted by molar-refractivity contribution is -0.105. The van der Waals surface area contributed by atoms with Crippen molar-refractivity contribution in [3.05, 3.63) is 65.8 Å². The molecule has 28 heavy (non-hydrogen) atoms. The lowest BCUT2D eigenvalue weighted by Gasteiger charge is -2.23. The van der Waals surface area contributed by atoms with Crippen molar-refractivity contribution in [3.63, 3.8) is 0 Å². The van der Waals surface area contributed by atoms with E-state index in [-0.39, 0.29) is 29.3 Å². The molecule has 2 aromatic carbocycles. The van der Waals surface area contributed by atoms with Crippen LogP contribution in [0.5, 0.6) is 0 Å². The number of carbonyl (C=O) groups excluding carboxylic acids is 1. The highest BCUT2D eigenvalue weighted by Gasteiger charge is 2.20. The maximum atomic E-state index is 14.6. The Morgan fingerprint density at radius 1 is 1.14 bits per heavy atom. The van der Waals surface area contributed by atoms with E-state index in [1.807, 2.05) is 0 Å². The van der Waals surface area contributed by atoms with Crippen molar-refractivity contribution in [2.24, 2.45) is 0 Å². The molecule has 1 unspecified atom stereocenters. The molecule has 0 amide bonds. The first-order valence-electron chi connectivity index (χ1n) is 8.04. The summed E-state index contributed by atoms with van der Waals surface area (Å²) in [6.45, 7) is -0.0668. The fourth-order valence-electron chi connectivity index (χ4n) is 2.43. The van der Waals surface area contributed by atoms with Crippen LogP contribution in [0.15, 0.2) is 52.9 Å². The van der Waals surface area contributed by atoms with E-state index in [0.29, 0.717) is 12.0 Å². The van der Waals surface area contributed by atoms with Gasteiger partial charge in [0, 0.05) is 16.8 Å². The van der Waals surface area contributed by atoms with Crippen LogP contribution in [0.25, 0.3) is 11.5 Å². The van der Waals surface area contributed by atoms with Gasteiger partial charge >= 0.3 is 6.43 Å². The monoisotopic (exact) mass is 409 g/mol. The van der Waals surface area contributed by atoms with Gasteiger partial charge in [0.15, 0.2) is 0 Å². The van der Waals surface area contributed by atoms with Crippen molar-refractivity contribution in [2.45, 2.75) is 13.0 Å². The Morgan fingerprint density at radius 3 is 2.50 bits per heavy atom. The lowest BCUT2D eigenvalue weighted by Crippen LogP contribution is -2.28. The molecule has 0 aliphatic rings. The van der Waals surface area contributed by atoms with Gasteiger partial charge in [-0.2, -0.15) is 8.78 Å². The molecule has 0 aliphatic heterocycles.